The first-order chi connectivity index (χ1) is 9.28. The third-order valence-electron chi connectivity index (χ3n) is 5.42. The molecule has 0 radical (unpaired) electrons. The van der Waals surface area contributed by atoms with Crippen LogP contribution in [0, 0.1) is 23.7 Å². The molecule has 0 spiro atoms. The summed E-state index contributed by atoms with van der Waals surface area (Å²) in [4.78, 5) is 14.5. The van der Waals surface area contributed by atoms with Gasteiger partial charge in [0.15, 0.2) is 0 Å². The quantitative estimate of drug-likeness (QED) is 0.813. The summed E-state index contributed by atoms with van der Waals surface area (Å²) in [6.45, 7) is 0.827. The number of ether oxygens (including phenoxy) is 1. The lowest BCUT2D eigenvalue weighted by atomic mass is 10.0. The second kappa shape index (κ2) is 4.10. The molecule has 3 saturated carbocycles. The van der Waals surface area contributed by atoms with Gasteiger partial charge in [0.2, 0.25) is 0 Å². The van der Waals surface area contributed by atoms with E-state index in [1.807, 2.05) is 6.07 Å². The number of hydrogen-bond donors (Lipinski definition) is 2. The molecular weight excluding hydrogens is 240 g/mol. The number of aromatic nitrogens is 1. The molecule has 1 aromatic heterocycles. The minimum atomic E-state index is -0.299. The number of esters is 1. The Morgan fingerprint density at radius 2 is 2.11 bits per heavy atom. The van der Waals surface area contributed by atoms with Gasteiger partial charge < -0.3 is 15.0 Å². The van der Waals surface area contributed by atoms with Crippen molar-refractivity contribution < 1.29 is 9.53 Å². The Balaban J connectivity index is 1.34. The van der Waals surface area contributed by atoms with Crippen LogP contribution < -0.4 is 5.32 Å². The highest BCUT2D eigenvalue weighted by Gasteiger charge is 2.64. The maximum atomic E-state index is 11.4. The third-order valence-corrected chi connectivity index (χ3v) is 5.42. The number of hydrogen-bond acceptors (Lipinski definition) is 3. The topological polar surface area (TPSA) is 54.1 Å². The predicted molar refractivity (Wildman–Crippen MR) is 70.6 cm³/mol. The van der Waals surface area contributed by atoms with E-state index in [9.17, 15) is 4.79 Å². The first-order valence-corrected chi connectivity index (χ1v) is 7.27. The first-order valence-electron chi connectivity index (χ1n) is 7.27. The van der Waals surface area contributed by atoms with E-state index in [1.54, 1.807) is 6.07 Å². The smallest absolute Gasteiger partial charge is 0.354 e. The number of rotatable bonds is 4. The van der Waals surface area contributed by atoms with Crippen LogP contribution in [0.1, 0.15) is 35.4 Å². The molecule has 3 fully saturated rings. The van der Waals surface area contributed by atoms with E-state index < -0.39 is 0 Å². The molecule has 2 N–H and O–H groups in total. The van der Waals surface area contributed by atoms with Crippen LogP contribution in [0.5, 0.6) is 0 Å². The number of carbonyl (C=O) groups is 1. The molecule has 1 aromatic rings. The van der Waals surface area contributed by atoms with Crippen molar-refractivity contribution in [2.45, 2.75) is 31.8 Å². The lowest BCUT2D eigenvalue weighted by Crippen LogP contribution is -2.22. The van der Waals surface area contributed by atoms with Crippen molar-refractivity contribution >= 4 is 5.97 Å². The van der Waals surface area contributed by atoms with Crippen LogP contribution in [-0.4, -0.2) is 24.1 Å². The summed E-state index contributed by atoms with van der Waals surface area (Å²) in [6.07, 6.45) is 4.40. The molecule has 0 amide bonds. The number of nitrogens with one attached hydrogen (secondary N) is 2. The van der Waals surface area contributed by atoms with E-state index in [2.05, 4.69) is 10.3 Å². The average molecular weight is 260 g/mol. The number of H-pyrrole nitrogens is 1. The highest BCUT2D eigenvalue weighted by atomic mass is 16.5. The summed E-state index contributed by atoms with van der Waals surface area (Å²) in [5.41, 5.74) is 1.60. The van der Waals surface area contributed by atoms with Crippen molar-refractivity contribution in [1.29, 1.82) is 0 Å². The number of carbonyl (C=O) groups excluding carboxylic acids is 1. The van der Waals surface area contributed by atoms with Gasteiger partial charge in [-0.05, 0) is 55.1 Å². The van der Waals surface area contributed by atoms with Crippen LogP contribution >= 0.6 is 0 Å². The van der Waals surface area contributed by atoms with Crippen molar-refractivity contribution in [2.24, 2.45) is 23.7 Å². The van der Waals surface area contributed by atoms with Crippen LogP contribution in [0.2, 0.25) is 0 Å². The molecule has 3 aliphatic rings. The maximum absolute atomic E-state index is 11.4. The zero-order valence-corrected chi connectivity index (χ0v) is 11.2. The zero-order valence-electron chi connectivity index (χ0n) is 11.2. The number of fused-ring (bicyclic) bond motifs is 5. The largest absolute Gasteiger partial charge is 0.464 e. The summed E-state index contributed by atoms with van der Waals surface area (Å²) in [6, 6.07) is 4.49. The molecule has 0 saturated heterocycles. The zero-order chi connectivity index (χ0) is 13.0. The summed E-state index contributed by atoms with van der Waals surface area (Å²) in [5.74, 6) is 3.61. The van der Waals surface area contributed by atoms with Crippen LogP contribution in [0.4, 0.5) is 0 Å². The Kier molecular flexibility index (Phi) is 2.49. The molecule has 4 heteroatoms. The minimum absolute atomic E-state index is 0.299. The fourth-order valence-corrected chi connectivity index (χ4v) is 4.60. The SMILES string of the molecule is COC(=O)c1ccc(CNC2C3C4CCC(C4)C23)[nH]1. The molecule has 3 aliphatic carbocycles. The van der Waals surface area contributed by atoms with Crippen LogP contribution in [-0.2, 0) is 11.3 Å². The first kappa shape index (κ1) is 11.5. The normalized spacial score (nSPS) is 38.3. The van der Waals surface area contributed by atoms with Crippen LogP contribution in [0.25, 0.3) is 0 Å². The lowest BCUT2D eigenvalue weighted by molar-refractivity contribution is 0.0594. The van der Waals surface area contributed by atoms with Crippen molar-refractivity contribution in [3.05, 3.63) is 23.5 Å². The molecular formula is C15H20N2O2. The van der Waals surface area contributed by atoms with E-state index in [0.717, 1.165) is 42.0 Å². The van der Waals surface area contributed by atoms with E-state index in [4.69, 9.17) is 4.74 Å². The highest BCUT2D eigenvalue weighted by molar-refractivity contribution is 5.87. The van der Waals surface area contributed by atoms with E-state index in [1.165, 1.54) is 26.4 Å². The standard InChI is InChI=1S/C15H20N2O2/c1-19-15(18)11-5-4-10(17-11)7-16-14-12-8-2-3-9(6-8)13(12)14/h4-5,8-9,12-14,16-17H,2-3,6-7H2,1H3. The Labute approximate surface area is 112 Å². The fourth-order valence-electron chi connectivity index (χ4n) is 4.60. The molecule has 0 aliphatic heterocycles. The Morgan fingerprint density at radius 3 is 2.79 bits per heavy atom. The van der Waals surface area contributed by atoms with Crippen molar-refractivity contribution in [3.8, 4) is 0 Å². The van der Waals surface area contributed by atoms with E-state index in [-0.39, 0.29) is 5.97 Å². The van der Waals surface area contributed by atoms with Gasteiger partial charge >= 0.3 is 5.97 Å². The summed E-state index contributed by atoms with van der Waals surface area (Å²) >= 11 is 0. The monoisotopic (exact) mass is 260 g/mol. The van der Waals surface area contributed by atoms with Gasteiger partial charge in [-0.3, -0.25) is 0 Å². The lowest BCUT2D eigenvalue weighted by Gasteiger charge is -2.09. The van der Waals surface area contributed by atoms with Gasteiger partial charge in [0, 0.05) is 18.3 Å². The molecule has 19 heavy (non-hydrogen) atoms. The number of aromatic amines is 1. The molecule has 4 unspecified atom stereocenters. The molecule has 4 nitrogen and oxygen atoms in total. The second-order valence-corrected chi connectivity index (χ2v) is 6.28. The van der Waals surface area contributed by atoms with Gasteiger partial charge in [-0.15, -0.1) is 0 Å². The van der Waals surface area contributed by atoms with Gasteiger partial charge in [-0.2, -0.15) is 0 Å². The molecule has 1 heterocycles. The Bertz CT molecular complexity index is 494. The van der Waals surface area contributed by atoms with Crippen LogP contribution in [0.15, 0.2) is 12.1 Å². The Hall–Kier alpha value is -1.29. The van der Waals surface area contributed by atoms with Crippen molar-refractivity contribution in [3.63, 3.8) is 0 Å². The molecule has 0 aromatic carbocycles. The van der Waals surface area contributed by atoms with Gasteiger partial charge in [0.25, 0.3) is 0 Å². The fraction of sp³-hybridized carbons (Fsp3) is 0.667. The van der Waals surface area contributed by atoms with E-state index in [0.29, 0.717) is 5.69 Å². The summed E-state index contributed by atoms with van der Waals surface area (Å²) in [7, 11) is 1.41. The minimum Gasteiger partial charge on any atom is -0.464 e. The van der Waals surface area contributed by atoms with Gasteiger partial charge in [0.05, 0.1) is 7.11 Å². The van der Waals surface area contributed by atoms with Crippen molar-refractivity contribution in [2.75, 3.05) is 7.11 Å². The van der Waals surface area contributed by atoms with Gasteiger partial charge in [0.1, 0.15) is 5.69 Å². The predicted octanol–water partition coefficient (Wildman–Crippen LogP) is 1.94. The maximum Gasteiger partial charge on any atom is 0.354 e. The third kappa shape index (κ3) is 1.73. The van der Waals surface area contributed by atoms with Crippen molar-refractivity contribution in [1.82, 2.24) is 10.3 Å². The molecule has 4 atom stereocenters. The highest BCUT2D eigenvalue weighted by Crippen LogP contribution is 2.65. The van der Waals surface area contributed by atoms with E-state index >= 15 is 0 Å². The number of methoxy groups -OCH3 is 1. The Morgan fingerprint density at radius 1 is 1.37 bits per heavy atom. The second-order valence-electron chi connectivity index (χ2n) is 6.28. The van der Waals surface area contributed by atoms with Gasteiger partial charge in [-0.25, -0.2) is 4.79 Å². The average Bonchev–Trinajstić information content (AvgIpc) is 2.85. The molecule has 4 rings (SSSR count). The van der Waals surface area contributed by atoms with Gasteiger partial charge in [-0.1, -0.05) is 0 Å². The summed E-state index contributed by atoms with van der Waals surface area (Å²) < 4.78 is 4.69. The molecule has 2 bridgehead atoms. The molecule has 102 valence electrons. The summed E-state index contributed by atoms with van der Waals surface area (Å²) in [5, 5.41) is 3.66. The van der Waals surface area contributed by atoms with Crippen LogP contribution in [0.3, 0.4) is 0 Å².